The van der Waals surface area contributed by atoms with Gasteiger partial charge in [-0.05, 0) is 48.7 Å². The minimum atomic E-state index is -1.56. The third kappa shape index (κ3) is 8.07. The molecule has 0 bridgehead atoms. The highest BCUT2D eigenvalue weighted by atomic mass is 16.5. The number of hydrogen-bond donors (Lipinski definition) is 3. The van der Waals surface area contributed by atoms with Crippen molar-refractivity contribution in [3.63, 3.8) is 0 Å². The van der Waals surface area contributed by atoms with Crippen molar-refractivity contribution in [2.24, 2.45) is 0 Å². The van der Waals surface area contributed by atoms with Gasteiger partial charge < -0.3 is 25.0 Å². The summed E-state index contributed by atoms with van der Waals surface area (Å²) in [6.45, 7) is 3.98. The van der Waals surface area contributed by atoms with Gasteiger partial charge in [0.05, 0.1) is 19.1 Å². The first kappa shape index (κ1) is 26.6. The SMILES string of the molecule is Cc1ccc([C@H](CB(O)O)NC(=O)CCOc2cccc(C=C(C#N)C(=O)N(C)C)c2)c(C)c1. The quantitative estimate of drug-likeness (QED) is 0.283. The van der Waals surface area contributed by atoms with E-state index in [0.717, 1.165) is 16.7 Å². The number of carbonyl (C=O) groups excluding carboxylic acids is 2. The number of nitriles is 1. The number of nitrogens with zero attached hydrogens (tertiary/aromatic N) is 2. The fraction of sp³-hybridized carbons (Fsp3) is 0.320. The van der Waals surface area contributed by atoms with Crippen LogP contribution in [0.1, 0.15) is 34.7 Å². The van der Waals surface area contributed by atoms with Crippen LogP contribution < -0.4 is 10.1 Å². The minimum Gasteiger partial charge on any atom is -0.493 e. The standard InChI is InChI=1S/C25H30BN3O5/c1-17-8-9-22(18(2)12-17)23(15-26(32)33)28-24(30)10-11-34-21-7-5-6-19(14-21)13-20(16-27)25(31)29(3)4/h5-9,12-14,23,32-33H,10-11,15H2,1-4H3,(H,28,30)/t23-/m0/s1. The van der Waals surface area contributed by atoms with Crippen molar-refractivity contribution in [2.45, 2.75) is 32.6 Å². The summed E-state index contributed by atoms with van der Waals surface area (Å²) < 4.78 is 5.68. The first-order chi connectivity index (χ1) is 16.1. The Balaban J connectivity index is 2.00. The molecule has 8 nitrogen and oxygen atoms in total. The summed E-state index contributed by atoms with van der Waals surface area (Å²) in [6, 6.07) is 14.0. The van der Waals surface area contributed by atoms with E-state index in [1.807, 2.05) is 38.1 Å². The van der Waals surface area contributed by atoms with E-state index in [-0.39, 0.29) is 30.8 Å². The second-order valence-electron chi connectivity index (χ2n) is 8.24. The summed E-state index contributed by atoms with van der Waals surface area (Å²) >= 11 is 0. The molecule has 2 rings (SSSR count). The summed E-state index contributed by atoms with van der Waals surface area (Å²) in [7, 11) is 1.59. The van der Waals surface area contributed by atoms with Gasteiger partial charge >= 0.3 is 7.12 Å². The molecule has 0 heterocycles. The van der Waals surface area contributed by atoms with Crippen LogP contribution in [-0.2, 0) is 9.59 Å². The van der Waals surface area contributed by atoms with Crippen LogP contribution in [0.2, 0.25) is 6.32 Å². The molecular formula is C25H30BN3O5. The molecule has 0 radical (unpaired) electrons. The molecule has 0 saturated carbocycles. The van der Waals surface area contributed by atoms with Crippen molar-refractivity contribution in [1.82, 2.24) is 10.2 Å². The lowest BCUT2D eigenvalue weighted by Gasteiger charge is -2.21. The number of rotatable bonds is 10. The molecule has 1 atom stereocenters. The van der Waals surface area contributed by atoms with E-state index in [1.165, 1.54) is 11.0 Å². The van der Waals surface area contributed by atoms with Gasteiger partial charge in [-0.1, -0.05) is 35.9 Å². The fourth-order valence-corrected chi connectivity index (χ4v) is 3.46. The van der Waals surface area contributed by atoms with Crippen LogP contribution in [0.3, 0.4) is 0 Å². The highest BCUT2D eigenvalue weighted by Crippen LogP contribution is 2.23. The van der Waals surface area contributed by atoms with Gasteiger partial charge in [-0.3, -0.25) is 9.59 Å². The molecule has 0 saturated heterocycles. The monoisotopic (exact) mass is 463 g/mol. The lowest BCUT2D eigenvalue weighted by Crippen LogP contribution is -2.33. The van der Waals surface area contributed by atoms with Crippen molar-refractivity contribution < 1.29 is 24.4 Å². The maximum atomic E-state index is 12.5. The zero-order valence-corrected chi connectivity index (χ0v) is 19.9. The predicted octanol–water partition coefficient (Wildman–Crippen LogP) is 2.40. The molecule has 178 valence electrons. The summed E-state index contributed by atoms with van der Waals surface area (Å²) in [4.78, 5) is 25.9. The molecule has 0 spiro atoms. The molecule has 2 aromatic rings. The molecule has 2 amide bonds. The number of carbonyl (C=O) groups is 2. The summed E-state index contributed by atoms with van der Waals surface area (Å²) in [5.74, 6) is -0.185. The van der Waals surface area contributed by atoms with E-state index in [0.29, 0.717) is 11.3 Å². The van der Waals surface area contributed by atoms with Crippen LogP contribution in [-0.4, -0.2) is 54.6 Å². The van der Waals surface area contributed by atoms with Gasteiger partial charge in [0.15, 0.2) is 0 Å². The maximum Gasteiger partial charge on any atom is 0.453 e. The highest BCUT2D eigenvalue weighted by Gasteiger charge is 2.22. The number of likely N-dealkylation sites (N-methyl/N-ethyl adjacent to an activating group) is 1. The number of hydrogen-bond acceptors (Lipinski definition) is 6. The normalized spacial score (nSPS) is 11.9. The van der Waals surface area contributed by atoms with E-state index >= 15 is 0 Å². The van der Waals surface area contributed by atoms with Crippen molar-refractivity contribution in [1.29, 1.82) is 5.26 Å². The number of ether oxygens (including phenoxy) is 1. The van der Waals surface area contributed by atoms with Gasteiger partial charge in [0.1, 0.15) is 17.4 Å². The molecule has 9 heteroatoms. The molecule has 0 fully saturated rings. The second kappa shape index (κ2) is 12.6. The van der Waals surface area contributed by atoms with Gasteiger partial charge in [-0.25, -0.2) is 0 Å². The lowest BCUT2D eigenvalue weighted by atomic mass is 9.78. The van der Waals surface area contributed by atoms with Crippen LogP contribution in [0.4, 0.5) is 0 Å². The van der Waals surface area contributed by atoms with Gasteiger partial charge in [-0.2, -0.15) is 5.26 Å². The number of benzene rings is 2. The minimum absolute atomic E-state index is 0.00467. The first-order valence-electron chi connectivity index (χ1n) is 10.9. The Morgan fingerprint density at radius 3 is 2.56 bits per heavy atom. The average Bonchev–Trinajstić information content (AvgIpc) is 2.76. The Morgan fingerprint density at radius 1 is 1.21 bits per heavy atom. The van der Waals surface area contributed by atoms with E-state index in [9.17, 15) is 24.9 Å². The smallest absolute Gasteiger partial charge is 0.453 e. The summed E-state index contributed by atoms with van der Waals surface area (Å²) in [5, 5.41) is 31.0. The zero-order chi connectivity index (χ0) is 25.3. The van der Waals surface area contributed by atoms with Crippen molar-refractivity contribution >= 4 is 25.0 Å². The second-order valence-corrected chi connectivity index (χ2v) is 8.24. The van der Waals surface area contributed by atoms with Crippen molar-refractivity contribution in [2.75, 3.05) is 20.7 Å². The Hall–Kier alpha value is -3.61. The molecule has 0 aromatic heterocycles. The first-order valence-corrected chi connectivity index (χ1v) is 10.9. The highest BCUT2D eigenvalue weighted by molar-refractivity contribution is 6.41. The van der Waals surface area contributed by atoms with E-state index in [2.05, 4.69) is 5.32 Å². The fourth-order valence-electron chi connectivity index (χ4n) is 3.46. The summed E-state index contributed by atoms with van der Waals surface area (Å²) in [6.07, 6.45) is 1.51. The molecular weight excluding hydrogens is 433 g/mol. The Bertz CT molecular complexity index is 1090. The predicted molar refractivity (Wildman–Crippen MR) is 131 cm³/mol. The number of nitrogens with one attached hydrogen (secondary N) is 1. The van der Waals surface area contributed by atoms with Crippen molar-refractivity contribution in [3.05, 3.63) is 70.3 Å². The average molecular weight is 463 g/mol. The Kier molecular flexibility index (Phi) is 9.86. The maximum absolute atomic E-state index is 12.5. The van der Waals surface area contributed by atoms with Crippen LogP contribution in [0.5, 0.6) is 5.75 Å². The molecule has 3 N–H and O–H groups in total. The third-order valence-corrected chi connectivity index (χ3v) is 5.11. The van der Waals surface area contributed by atoms with E-state index in [4.69, 9.17) is 4.74 Å². The number of amides is 2. The molecule has 0 aliphatic carbocycles. The molecule has 0 aliphatic rings. The van der Waals surface area contributed by atoms with Gasteiger partial charge in [0.2, 0.25) is 5.91 Å². The number of aryl methyl sites for hydroxylation is 2. The zero-order valence-electron chi connectivity index (χ0n) is 19.9. The van der Waals surface area contributed by atoms with Crippen LogP contribution in [0.25, 0.3) is 6.08 Å². The van der Waals surface area contributed by atoms with Gasteiger partial charge in [0, 0.05) is 20.4 Å². The Morgan fingerprint density at radius 2 is 1.94 bits per heavy atom. The summed E-state index contributed by atoms with van der Waals surface area (Å²) in [5.41, 5.74) is 3.49. The lowest BCUT2D eigenvalue weighted by molar-refractivity contribution is -0.124. The van der Waals surface area contributed by atoms with Gasteiger partial charge in [0.25, 0.3) is 5.91 Å². The van der Waals surface area contributed by atoms with Gasteiger partial charge in [-0.15, -0.1) is 0 Å². The topological polar surface area (TPSA) is 123 Å². The van der Waals surface area contributed by atoms with Crippen molar-refractivity contribution in [3.8, 4) is 11.8 Å². The molecule has 2 aromatic carbocycles. The van der Waals surface area contributed by atoms with Crippen LogP contribution in [0, 0.1) is 25.2 Å². The molecule has 0 aliphatic heterocycles. The van der Waals surface area contributed by atoms with E-state index < -0.39 is 19.1 Å². The largest absolute Gasteiger partial charge is 0.493 e. The third-order valence-electron chi connectivity index (χ3n) is 5.11. The molecule has 0 unspecified atom stereocenters. The van der Waals surface area contributed by atoms with Crippen LogP contribution in [0.15, 0.2) is 48.0 Å². The Labute approximate surface area is 200 Å². The van der Waals surface area contributed by atoms with E-state index in [1.54, 1.807) is 38.4 Å². The molecule has 34 heavy (non-hydrogen) atoms. The van der Waals surface area contributed by atoms with Crippen LogP contribution >= 0.6 is 0 Å².